The SMILES string of the molecule is O=CC1CCCCN1Cc1ccc(Br)cc1F. The molecule has 2 rings (SSSR count). The van der Waals surface area contributed by atoms with E-state index in [1.807, 2.05) is 6.07 Å². The molecule has 0 bridgehead atoms. The molecule has 0 aromatic heterocycles. The molecule has 1 aliphatic heterocycles. The maximum atomic E-state index is 13.7. The Morgan fingerprint density at radius 1 is 1.47 bits per heavy atom. The van der Waals surface area contributed by atoms with E-state index in [1.54, 1.807) is 6.07 Å². The Hall–Kier alpha value is -0.740. The number of likely N-dealkylation sites (tertiary alicyclic amines) is 1. The van der Waals surface area contributed by atoms with Gasteiger partial charge in [-0.05, 0) is 31.5 Å². The number of rotatable bonds is 3. The number of benzene rings is 1. The van der Waals surface area contributed by atoms with Crippen molar-refractivity contribution in [3.8, 4) is 0 Å². The van der Waals surface area contributed by atoms with Crippen molar-refractivity contribution in [2.45, 2.75) is 31.8 Å². The van der Waals surface area contributed by atoms with Crippen LogP contribution in [0.3, 0.4) is 0 Å². The smallest absolute Gasteiger partial charge is 0.137 e. The lowest BCUT2D eigenvalue weighted by atomic mass is 10.0. The van der Waals surface area contributed by atoms with Crippen molar-refractivity contribution in [1.82, 2.24) is 4.90 Å². The molecule has 0 aliphatic carbocycles. The number of halogens is 2. The van der Waals surface area contributed by atoms with Crippen molar-refractivity contribution < 1.29 is 9.18 Å². The molecule has 0 saturated carbocycles. The van der Waals surface area contributed by atoms with Crippen molar-refractivity contribution in [2.75, 3.05) is 6.54 Å². The molecule has 1 aliphatic rings. The Balaban J connectivity index is 2.10. The first-order valence-corrected chi connectivity index (χ1v) is 6.63. The molecule has 4 heteroatoms. The average molecular weight is 300 g/mol. The Morgan fingerprint density at radius 2 is 2.29 bits per heavy atom. The van der Waals surface area contributed by atoms with Gasteiger partial charge in [-0.25, -0.2) is 4.39 Å². The summed E-state index contributed by atoms with van der Waals surface area (Å²) in [4.78, 5) is 13.0. The van der Waals surface area contributed by atoms with Crippen LogP contribution in [0.15, 0.2) is 22.7 Å². The minimum absolute atomic E-state index is 0.0493. The molecule has 1 aromatic carbocycles. The third-order valence-electron chi connectivity index (χ3n) is 3.21. The third-order valence-corrected chi connectivity index (χ3v) is 3.70. The second-order valence-electron chi connectivity index (χ2n) is 4.41. The largest absolute Gasteiger partial charge is 0.302 e. The van der Waals surface area contributed by atoms with E-state index in [4.69, 9.17) is 0 Å². The number of carbonyl (C=O) groups excluding carboxylic acids is 1. The maximum Gasteiger partial charge on any atom is 0.137 e. The summed E-state index contributed by atoms with van der Waals surface area (Å²) in [5, 5.41) is 0. The average Bonchev–Trinajstić information content (AvgIpc) is 2.33. The van der Waals surface area contributed by atoms with E-state index in [2.05, 4.69) is 20.8 Å². The highest BCUT2D eigenvalue weighted by molar-refractivity contribution is 9.10. The zero-order valence-corrected chi connectivity index (χ0v) is 11.1. The maximum absolute atomic E-state index is 13.7. The van der Waals surface area contributed by atoms with E-state index in [9.17, 15) is 9.18 Å². The lowest BCUT2D eigenvalue weighted by Crippen LogP contribution is -2.40. The van der Waals surface area contributed by atoms with Gasteiger partial charge in [0.2, 0.25) is 0 Å². The fourth-order valence-corrected chi connectivity index (χ4v) is 2.57. The molecular weight excluding hydrogens is 285 g/mol. The predicted molar refractivity (Wildman–Crippen MR) is 68.2 cm³/mol. The summed E-state index contributed by atoms with van der Waals surface area (Å²) in [5.74, 6) is -0.213. The number of nitrogens with zero attached hydrogens (tertiary/aromatic N) is 1. The second kappa shape index (κ2) is 5.74. The lowest BCUT2D eigenvalue weighted by Gasteiger charge is -2.32. The summed E-state index contributed by atoms with van der Waals surface area (Å²) in [6.07, 6.45) is 4.04. The van der Waals surface area contributed by atoms with Crippen LogP contribution in [0, 0.1) is 5.82 Å². The van der Waals surface area contributed by atoms with E-state index >= 15 is 0 Å². The summed E-state index contributed by atoms with van der Waals surface area (Å²) < 4.78 is 14.4. The first kappa shape index (κ1) is 12.7. The van der Waals surface area contributed by atoms with Gasteiger partial charge in [0.1, 0.15) is 12.1 Å². The molecule has 92 valence electrons. The lowest BCUT2D eigenvalue weighted by molar-refractivity contribution is -0.113. The number of piperidine rings is 1. The Morgan fingerprint density at radius 3 is 3.00 bits per heavy atom. The summed E-state index contributed by atoms with van der Waals surface area (Å²) in [5.41, 5.74) is 0.655. The van der Waals surface area contributed by atoms with Gasteiger partial charge >= 0.3 is 0 Å². The molecule has 0 N–H and O–H groups in total. The van der Waals surface area contributed by atoms with Gasteiger partial charge in [0.15, 0.2) is 0 Å². The molecule has 1 aromatic rings. The van der Waals surface area contributed by atoms with E-state index in [0.717, 1.165) is 36.6 Å². The van der Waals surface area contributed by atoms with Gasteiger partial charge in [-0.1, -0.05) is 28.4 Å². The van der Waals surface area contributed by atoms with Crippen molar-refractivity contribution in [1.29, 1.82) is 0 Å². The molecule has 1 fully saturated rings. The number of hydrogen-bond acceptors (Lipinski definition) is 2. The molecule has 1 heterocycles. The Bertz CT molecular complexity index is 410. The Labute approximate surface area is 109 Å². The third kappa shape index (κ3) is 3.13. The van der Waals surface area contributed by atoms with Crippen molar-refractivity contribution in [3.63, 3.8) is 0 Å². The molecule has 0 amide bonds. The Kier molecular flexibility index (Phi) is 4.29. The van der Waals surface area contributed by atoms with E-state index in [0.29, 0.717) is 12.1 Å². The first-order valence-electron chi connectivity index (χ1n) is 5.84. The van der Waals surface area contributed by atoms with Gasteiger partial charge in [-0.2, -0.15) is 0 Å². The van der Waals surface area contributed by atoms with E-state index in [-0.39, 0.29) is 11.9 Å². The van der Waals surface area contributed by atoms with Crippen molar-refractivity contribution in [2.24, 2.45) is 0 Å². The van der Waals surface area contributed by atoms with Crippen LogP contribution in [-0.2, 0) is 11.3 Å². The van der Waals surface area contributed by atoms with Crippen LogP contribution in [0.1, 0.15) is 24.8 Å². The molecule has 0 spiro atoms. The second-order valence-corrected chi connectivity index (χ2v) is 5.32. The van der Waals surface area contributed by atoms with E-state index < -0.39 is 0 Å². The molecular formula is C13H15BrFNO. The topological polar surface area (TPSA) is 20.3 Å². The van der Waals surface area contributed by atoms with Crippen LogP contribution >= 0.6 is 15.9 Å². The standard InChI is InChI=1S/C13H15BrFNO/c14-11-5-4-10(13(15)7-11)8-16-6-2-1-3-12(16)9-17/h4-5,7,9,12H,1-3,6,8H2. The molecule has 1 unspecified atom stereocenters. The van der Waals surface area contributed by atoms with Crippen LogP contribution in [0.5, 0.6) is 0 Å². The van der Waals surface area contributed by atoms with E-state index in [1.165, 1.54) is 6.07 Å². The summed E-state index contributed by atoms with van der Waals surface area (Å²) in [7, 11) is 0. The molecule has 1 saturated heterocycles. The zero-order valence-electron chi connectivity index (χ0n) is 9.53. The van der Waals surface area contributed by atoms with Crippen molar-refractivity contribution in [3.05, 3.63) is 34.1 Å². The molecule has 1 atom stereocenters. The van der Waals surface area contributed by atoms with Gasteiger partial charge in [0, 0.05) is 16.6 Å². The highest BCUT2D eigenvalue weighted by atomic mass is 79.9. The molecule has 0 radical (unpaired) electrons. The molecule has 2 nitrogen and oxygen atoms in total. The first-order chi connectivity index (χ1) is 8.20. The highest BCUT2D eigenvalue weighted by Gasteiger charge is 2.22. The predicted octanol–water partition coefficient (Wildman–Crippen LogP) is 3.14. The summed E-state index contributed by atoms with van der Waals surface area (Å²) in [6, 6.07) is 5.02. The van der Waals surface area contributed by atoms with Gasteiger partial charge < -0.3 is 4.79 Å². The fourth-order valence-electron chi connectivity index (χ4n) is 2.24. The van der Waals surface area contributed by atoms with Crippen LogP contribution in [0.25, 0.3) is 0 Å². The van der Waals surface area contributed by atoms with Crippen LogP contribution in [0.2, 0.25) is 0 Å². The van der Waals surface area contributed by atoms with Gasteiger partial charge in [-0.3, -0.25) is 4.90 Å². The minimum atomic E-state index is -0.213. The molecule has 17 heavy (non-hydrogen) atoms. The number of hydrogen-bond donors (Lipinski definition) is 0. The van der Waals surface area contributed by atoms with Crippen LogP contribution in [-0.4, -0.2) is 23.8 Å². The summed E-state index contributed by atoms with van der Waals surface area (Å²) in [6.45, 7) is 1.39. The minimum Gasteiger partial charge on any atom is -0.302 e. The highest BCUT2D eigenvalue weighted by Crippen LogP contribution is 2.21. The summed E-state index contributed by atoms with van der Waals surface area (Å²) >= 11 is 3.24. The van der Waals surface area contributed by atoms with Crippen LogP contribution in [0.4, 0.5) is 4.39 Å². The fraction of sp³-hybridized carbons (Fsp3) is 0.462. The van der Waals surface area contributed by atoms with Crippen molar-refractivity contribution >= 4 is 22.2 Å². The monoisotopic (exact) mass is 299 g/mol. The number of aldehydes is 1. The number of carbonyl (C=O) groups is 1. The quantitative estimate of drug-likeness (QED) is 0.799. The van der Waals surface area contributed by atoms with Crippen LogP contribution < -0.4 is 0 Å². The normalized spacial score (nSPS) is 21.4. The van der Waals surface area contributed by atoms with Gasteiger partial charge in [0.05, 0.1) is 6.04 Å². The van der Waals surface area contributed by atoms with Gasteiger partial charge in [-0.15, -0.1) is 0 Å². The zero-order chi connectivity index (χ0) is 12.3. The van der Waals surface area contributed by atoms with Gasteiger partial charge in [0.25, 0.3) is 0 Å².